The lowest BCUT2D eigenvalue weighted by atomic mass is 10.0. The van der Waals surface area contributed by atoms with Gasteiger partial charge in [0.05, 0.1) is 12.0 Å². The summed E-state index contributed by atoms with van der Waals surface area (Å²) in [6.45, 7) is 0.538. The molecule has 2 aliphatic carbocycles. The zero-order valence-electron chi connectivity index (χ0n) is 11.7. The number of halogens is 1. The van der Waals surface area contributed by atoms with E-state index in [0.29, 0.717) is 6.61 Å². The third-order valence-corrected chi connectivity index (χ3v) is 4.70. The monoisotopic (exact) mass is 293 g/mol. The first-order valence-electron chi connectivity index (χ1n) is 7.14. The van der Waals surface area contributed by atoms with Crippen LogP contribution in [0.2, 0.25) is 5.02 Å². The molecule has 2 fully saturated rings. The number of carbonyl (C=O) groups excluding carboxylic acids is 1. The van der Waals surface area contributed by atoms with Gasteiger partial charge in [-0.2, -0.15) is 0 Å². The van der Waals surface area contributed by atoms with Crippen LogP contribution in [0, 0.1) is 5.41 Å². The molecule has 0 atom stereocenters. The first kappa shape index (κ1) is 13.9. The Labute approximate surface area is 124 Å². The average molecular weight is 294 g/mol. The summed E-state index contributed by atoms with van der Waals surface area (Å²) in [6, 6.07) is 7.89. The molecule has 3 nitrogen and oxygen atoms in total. The number of carbonyl (C=O) groups is 1. The van der Waals surface area contributed by atoms with E-state index in [2.05, 4.69) is 5.32 Å². The highest BCUT2D eigenvalue weighted by Crippen LogP contribution is 2.48. The first-order chi connectivity index (χ1) is 9.57. The lowest BCUT2D eigenvalue weighted by molar-refractivity contribution is -0.129. The van der Waals surface area contributed by atoms with E-state index in [1.54, 1.807) is 7.11 Å². The fourth-order valence-corrected chi connectivity index (χ4v) is 2.85. The Hall–Kier alpha value is -1.06. The van der Waals surface area contributed by atoms with Crippen molar-refractivity contribution in [3.05, 3.63) is 34.9 Å². The molecular formula is C16H20ClNO2. The Balaban J connectivity index is 1.62. The van der Waals surface area contributed by atoms with E-state index in [1.807, 2.05) is 24.3 Å². The average Bonchev–Trinajstić information content (AvgIpc) is 3.32. The highest BCUT2D eigenvalue weighted by atomic mass is 35.5. The van der Waals surface area contributed by atoms with Gasteiger partial charge in [-0.3, -0.25) is 4.79 Å². The molecule has 108 valence electrons. The fourth-order valence-electron chi connectivity index (χ4n) is 2.73. The van der Waals surface area contributed by atoms with Crippen LogP contribution in [0.15, 0.2) is 24.3 Å². The molecule has 0 unspecified atom stereocenters. The largest absolute Gasteiger partial charge is 0.384 e. The number of benzene rings is 1. The van der Waals surface area contributed by atoms with E-state index >= 15 is 0 Å². The second-order valence-electron chi connectivity index (χ2n) is 6.25. The smallest absolute Gasteiger partial charge is 0.228 e. The molecule has 2 saturated carbocycles. The van der Waals surface area contributed by atoms with Crippen LogP contribution in [-0.4, -0.2) is 25.2 Å². The van der Waals surface area contributed by atoms with Gasteiger partial charge in [-0.05, 0) is 49.8 Å². The van der Waals surface area contributed by atoms with Crippen molar-refractivity contribution in [2.75, 3.05) is 13.7 Å². The summed E-state index contributed by atoms with van der Waals surface area (Å²) in [5.41, 5.74) is 0.947. The molecule has 0 aromatic heterocycles. The Kier molecular flexibility index (Phi) is 3.51. The van der Waals surface area contributed by atoms with Gasteiger partial charge in [0.15, 0.2) is 0 Å². The lowest BCUT2D eigenvalue weighted by Gasteiger charge is -2.22. The minimum atomic E-state index is -0.246. The van der Waals surface area contributed by atoms with Crippen LogP contribution in [0.1, 0.15) is 31.2 Å². The van der Waals surface area contributed by atoms with Gasteiger partial charge in [0.25, 0.3) is 0 Å². The van der Waals surface area contributed by atoms with Crippen LogP contribution in [0.3, 0.4) is 0 Å². The minimum absolute atomic E-state index is 0.0335. The first-order valence-corrected chi connectivity index (χ1v) is 7.51. The molecule has 0 bridgehead atoms. The summed E-state index contributed by atoms with van der Waals surface area (Å²) < 4.78 is 5.18. The second kappa shape index (κ2) is 5.05. The van der Waals surface area contributed by atoms with E-state index in [4.69, 9.17) is 16.3 Å². The van der Waals surface area contributed by atoms with Crippen molar-refractivity contribution in [2.45, 2.75) is 37.6 Å². The zero-order chi connectivity index (χ0) is 14.2. The summed E-state index contributed by atoms with van der Waals surface area (Å²) in [4.78, 5) is 12.4. The van der Waals surface area contributed by atoms with Crippen LogP contribution < -0.4 is 5.32 Å². The SMILES string of the molecule is COCC1(C(=O)NC2(Cc3ccc(Cl)cc3)CC2)CC1. The summed E-state index contributed by atoms with van der Waals surface area (Å²) in [6.07, 6.45) is 4.90. The maximum absolute atomic E-state index is 12.4. The highest BCUT2D eigenvalue weighted by molar-refractivity contribution is 6.30. The predicted octanol–water partition coefficient (Wildman–Crippen LogP) is 2.96. The number of amides is 1. The number of rotatable bonds is 6. The van der Waals surface area contributed by atoms with Crippen molar-refractivity contribution in [2.24, 2.45) is 5.41 Å². The van der Waals surface area contributed by atoms with E-state index in [0.717, 1.165) is 37.1 Å². The maximum Gasteiger partial charge on any atom is 0.228 e. The van der Waals surface area contributed by atoms with Crippen LogP contribution in [0.4, 0.5) is 0 Å². The Morgan fingerprint density at radius 1 is 1.25 bits per heavy atom. The zero-order valence-corrected chi connectivity index (χ0v) is 12.5. The molecule has 0 spiro atoms. The Morgan fingerprint density at radius 3 is 2.40 bits per heavy atom. The van der Waals surface area contributed by atoms with Crippen molar-refractivity contribution in [1.82, 2.24) is 5.32 Å². The van der Waals surface area contributed by atoms with Crippen LogP contribution >= 0.6 is 11.6 Å². The van der Waals surface area contributed by atoms with Gasteiger partial charge < -0.3 is 10.1 Å². The molecular weight excluding hydrogens is 274 g/mol. The van der Waals surface area contributed by atoms with E-state index in [9.17, 15) is 4.79 Å². The van der Waals surface area contributed by atoms with Gasteiger partial charge in [-0.15, -0.1) is 0 Å². The molecule has 20 heavy (non-hydrogen) atoms. The van der Waals surface area contributed by atoms with Crippen LogP contribution in [0.25, 0.3) is 0 Å². The third kappa shape index (κ3) is 2.84. The normalized spacial score (nSPS) is 21.3. The molecule has 2 aliphatic rings. The quantitative estimate of drug-likeness (QED) is 0.876. The third-order valence-electron chi connectivity index (χ3n) is 4.44. The summed E-state index contributed by atoms with van der Waals surface area (Å²) >= 11 is 5.90. The van der Waals surface area contributed by atoms with Crippen LogP contribution in [-0.2, 0) is 16.0 Å². The van der Waals surface area contributed by atoms with Gasteiger partial charge in [0, 0.05) is 17.7 Å². The molecule has 1 aromatic carbocycles. The molecule has 4 heteroatoms. The molecule has 1 N–H and O–H groups in total. The van der Waals surface area contributed by atoms with Gasteiger partial charge in [-0.1, -0.05) is 23.7 Å². The van der Waals surface area contributed by atoms with E-state index in [-0.39, 0.29) is 16.9 Å². The molecule has 1 amide bonds. The lowest BCUT2D eigenvalue weighted by Crippen LogP contribution is -2.44. The van der Waals surface area contributed by atoms with E-state index < -0.39 is 0 Å². The van der Waals surface area contributed by atoms with Crippen LogP contribution in [0.5, 0.6) is 0 Å². The van der Waals surface area contributed by atoms with Crippen molar-refractivity contribution in [3.63, 3.8) is 0 Å². The van der Waals surface area contributed by atoms with Crippen molar-refractivity contribution in [3.8, 4) is 0 Å². The summed E-state index contributed by atoms with van der Waals surface area (Å²) in [5.74, 6) is 0.172. The highest BCUT2D eigenvalue weighted by Gasteiger charge is 2.54. The van der Waals surface area contributed by atoms with Crippen molar-refractivity contribution >= 4 is 17.5 Å². The second-order valence-corrected chi connectivity index (χ2v) is 6.69. The van der Waals surface area contributed by atoms with Crippen molar-refractivity contribution < 1.29 is 9.53 Å². The standard InChI is InChI=1S/C16H20ClNO2/c1-20-11-15(6-7-15)14(19)18-16(8-9-16)10-12-2-4-13(17)5-3-12/h2-5H,6-11H2,1H3,(H,18,19). The molecule has 3 rings (SSSR count). The molecule has 0 radical (unpaired) electrons. The molecule has 0 heterocycles. The topological polar surface area (TPSA) is 38.3 Å². The summed E-state index contributed by atoms with van der Waals surface area (Å²) in [5, 5.41) is 4.02. The van der Waals surface area contributed by atoms with Gasteiger partial charge >= 0.3 is 0 Å². The van der Waals surface area contributed by atoms with Gasteiger partial charge in [-0.25, -0.2) is 0 Å². The fraction of sp³-hybridized carbons (Fsp3) is 0.562. The van der Waals surface area contributed by atoms with Gasteiger partial charge in [0.2, 0.25) is 5.91 Å². The summed E-state index contributed by atoms with van der Waals surface area (Å²) in [7, 11) is 1.66. The number of nitrogens with one attached hydrogen (secondary N) is 1. The van der Waals surface area contributed by atoms with Gasteiger partial charge in [0.1, 0.15) is 0 Å². The number of ether oxygens (including phenoxy) is 1. The van der Waals surface area contributed by atoms with E-state index in [1.165, 1.54) is 5.56 Å². The number of hydrogen-bond donors (Lipinski definition) is 1. The maximum atomic E-state index is 12.4. The minimum Gasteiger partial charge on any atom is -0.384 e. The molecule has 0 saturated heterocycles. The number of hydrogen-bond acceptors (Lipinski definition) is 2. The Bertz CT molecular complexity index is 504. The molecule has 1 aromatic rings. The Morgan fingerprint density at radius 2 is 1.90 bits per heavy atom. The van der Waals surface area contributed by atoms with Crippen molar-refractivity contribution in [1.29, 1.82) is 0 Å². The molecule has 0 aliphatic heterocycles. The number of methoxy groups -OCH3 is 1. The predicted molar refractivity (Wildman–Crippen MR) is 78.8 cm³/mol.